The summed E-state index contributed by atoms with van der Waals surface area (Å²) < 4.78 is 0. The third kappa shape index (κ3) is 4.74. The van der Waals surface area contributed by atoms with E-state index in [4.69, 9.17) is 0 Å². The predicted molar refractivity (Wildman–Crippen MR) is 84.7 cm³/mol. The Kier molecular flexibility index (Phi) is 6.68. The number of hydrogen-bond acceptors (Lipinski definition) is 3. The lowest BCUT2D eigenvalue weighted by atomic mass is 9.82. The van der Waals surface area contributed by atoms with Crippen molar-refractivity contribution in [3.63, 3.8) is 0 Å². The number of rotatable bonds is 8. The van der Waals surface area contributed by atoms with Crippen LogP contribution in [-0.2, 0) is 11.2 Å². The van der Waals surface area contributed by atoms with Crippen molar-refractivity contribution in [1.29, 1.82) is 0 Å². The fourth-order valence-corrected chi connectivity index (χ4v) is 2.79. The van der Waals surface area contributed by atoms with Crippen LogP contribution in [0.5, 0.6) is 0 Å². The van der Waals surface area contributed by atoms with Crippen molar-refractivity contribution in [3.05, 3.63) is 22.4 Å². The van der Waals surface area contributed by atoms with Crippen LogP contribution in [0.25, 0.3) is 0 Å². The Bertz CT molecular complexity index is 455. The lowest BCUT2D eigenvalue weighted by Gasteiger charge is -2.28. The summed E-state index contributed by atoms with van der Waals surface area (Å²) in [6, 6.07) is 3.81. The van der Waals surface area contributed by atoms with Gasteiger partial charge in [0.15, 0.2) is 0 Å². The highest BCUT2D eigenvalue weighted by Gasteiger charge is 2.35. The third-order valence-electron chi connectivity index (χ3n) is 4.01. The molecule has 6 heteroatoms. The summed E-state index contributed by atoms with van der Waals surface area (Å²) in [5, 5.41) is 14.1. The average Bonchev–Trinajstić information content (AvgIpc) is 2.99. The lowest BCUT2D eigenvalue weighted by Crippen LogP contribution is -2.46. The van der Waals surface area contributed by atoms with E-state index in [-0.39, 0.29) is 12.6 Å². The number of hydrogen-bond donors (Lipinski definition) is 2. The molecule has 0 saturated heterocycles. The summed E-state index contributed by atoms with van der Waals surface area (Å²) in [6.45, 7) is 4.46. The van der Waals surface area contributed by atoms with E-state index >= 15 is 0 Å². The van der Waals surface area contributed by atoms with Gasteiger partial charge >= 0.3 is 12.0 Å². The first kappa shape index (κ1) is 17.5. The highest BCUT2D eigenvalue weighted by Crippen LogP contribution is 2.25. The number of thiophene rings is 1. The number of carboxylic acids is 1. The zero-order valence-corrected chi connectivity index (χ0v) is 13.7. The van der Waals surface area contributed by atoms with Gasteiger partial charge < -0.3 is 15.3 Å². The smallest absolute Gasteiger partial charge is 0.317 e. The average molecular weight is 312 g/mol. The Morgan fingerprint density at radius 1 is 1.38 bits per heavy atom. The van der Waals surface area contributed by atoms with Crippen molar-refractivity contribution in [3.8, 4) is 0 Å². The molecular weight excluding hydrogens is 288 g/mol. The Balaban J connectivity index is 2.46. The van der Waals surface area contributed by atoms with Crippen LogP contribution >= 0.6 is 11.3 Å². The number of aliphatic carboxylic acids is 1. The molecule has 21 heavy (non-hydrogen) atoms. The van der Waals surface area contributed by atoms with Crippen LogP contribution in [0.15, 0.2) is 17.5 Å². The minimum atomic E-state index is -0.871. The van der Waals surface area contributed by atoms with Crippen molar-refractivity contribution in [2.45, 2.75) is 33.1 Å². The monoisotopic (exact) mass is 312 g/mol. The normalized spacial score (nSPS) is 11.2. The molecule has 0 spiro atoms. The van der Waals surface area contributed by atoms with Gasteiger partial charge in [0, 0.05) is 25.0 Å². The minimum absolute atomic E-state index is 0.164. The van der Waals surface area contributed by atoms with Gasteiger partial charge in [-0.25, -0.2) is 4.79 Å². The molecule has 0 fully saturated rings. The lowest BCUT2D eigenvalue weighted by molar-refractivity contribution is -0.149. The zero-order chi connectivity index (χ0) is 15.9. The SMILES string of the molecule is CCC(CC)(CNC(=O)N(C)CCc1cccs1)C(=O)O. The first-order valence-corrected chi connectivity index (χ1v) is 8.08. The molecule has 0 saturated carbocycles. The standard InChI is InChI=1S/C15H24N2O3S/c1-4-15(5-2,13(18)19)11-16-14(20)17(3)9-8-12-7-6-10-21-12/h6-7,10H,4-5,8-9,11H2,1-3H3,(H,16,20)(H,18,19). The zero-order valence-electron chi connectivity index (χ0n) is 12.9. The number of nitrogens with zero attached hydrogens (tertiary/aromatic N) is 1. The summed E-state index contributed by atoms with van der Waals surface area (Å²) in [5.41, 5.74) is -0.871. The van der Waals surface area contributed by atoms with Crippen molar-refractivity contribution in [2.24, 2.45) is 5.41 Å². The van der Waals surface area contributed by atoms with E-state index in [1.165, 1.54) is 4.88 Å². The number of urea groups is 1. The topological polar surface area (TPSA) is 69.6 Å². The van der Waals surface area contributed by atoms with Crippen LogP contribution in [0.2, 0.25) is 0 Å². The Hall–Kier alpha value is -1.56. The van der Waals surface area contributed by atoms with Gasteiger partial charge in [-0.2, -0.15) is 0 Å². The largest absolute Gasteiger partial charge is 0.481 e. The molecule has 1 aromatic heterocycles. The van der Waals surface area contributed by atoms with E-state index < -0.39 is 11.4 Å². The molecule has 2 N–H and O–H groups in total. The number of carbonyl (C=O) groups excluding carboxylic acids is 1. The van der Waals surface area contributed by atoms with E-state index in [2.05, 4.69) is 5.32 Å². The van der Waals surface area contributed by atoms with Gasteiger partial charge in [0.2, 0.25) is 0 Å². The molecule has 2 amide bonds. The first-order valence-electron chi connectivity index (χ1n) is 7.20. The van der Waals surface area contributed by atoms with E-state index in [1.807, 2.05) is 31.4 Å². The molecule has 1 rings (SSSR count). The van der Waals surface area contributed by atoms with E-state index in [1.54, 1.807) is 23.3 Å². The van der Waals surface area contributed by atoms with Gasteiger partial charge in [0.1, 0.15) is 0 Å². The summed E-state index contributed by atoms with van der Waals surface area (Å²) in [5.74, 6) is -0.853. The Morgan fingerprint density at radius 2 is 2.05 bits per heavy atom. The highest BCUT2D eigenvalue weighted by atomic mass is 32.1. The number of nitrogens with one attached hydrogen (secondary N) is 1. The highest BCUT2D eigenvalue weighted by molar-refractivity contribution is 7.09. The van der Waals surface area contributed by atoms with Crippen LogP contribution in [0.1, 0.15) is 31.6 Å². The summed E-state index contributed by atoms with van der Waals surface area (Å²) in [4.78, 5) is 26.2. The van der Waals surface area contributed by atoms with Gasteiger partial charge in [0.05, 0.1) is 5.41 Å². The molecule has 0 bridgehead atoms. The molecule has 1 aromatic rings. The second-order valence-corrected chi connectivity index (χ2v) is 6.23. The Morgan fingerprint density at radius 3 is 2.52 bits per heavy atom. The maximum Gasteiger partial charge on any atom is 0.317 e. The number of carbonyl (C=O) groups is 2. The van der Waals surface area contributed by atoms with Crippen molar-refractivity contribution in [1.82, 2.24) is 10.2 Å². The molecule has 5 nitrogen and oxygen atoms in total. The van der Waals surface area contributed by atoms with E-state index in [0.717, 1.165) is 6.42 Å². The Labute approximate surface area is 130 Å². The van der Waals surface area contributed by atoms with Crippen LogP contribution in [0.4, 0.5) is 4.79 Å². The maximum atomic E-state index is 12.0. The molecule has 0 aliphatic carbocycles. The van der Waals surface area contributed by atoms with Crippen LogP contribution in [-0.4, -0.2) is 42.1 Å². The van der Waals surface area contributed by atoms with Crippen LogP contribution in [0.3, 0.4) is 0 Å². The molecule has 0 aromatic carbocycles. The fraction of sp³-hybridized carbons (Fsp3) is 0.600. The molecular formula is C15H24N2O3S. The first-order chi connectivity index (χ1) is 9.95. The fourth-order valence-electron chi connectivity index (χ4n) is 2.09. The number of amides is 2. The van der Waals surface area contributed by atoms with Crippen molar-refractivity contribution >= 4 is 23.3 Å². The quantitative estimate of drug-likeness (QED) is 0.775. The summed E-state index contributed by atoms with van der Waals surface area (Å²) >= 11 is 1.67. The number of likely N-dealkylation sites (N-methyl/N-ethyl adjacent to an activating group) is 1. The van der Waals surface area contributed by atoms with Crippen LogP contribution < -0.4 is 5.32 Å². The van der Waals surface area contributed by atoms with Gasteiger partial charge in [-0.1, -0.05) is 19.9 Å². The molecule has 0 aliphatic rings. The van der Waals surface area contributed by atoms with Crippen LogP contribution in [0, 0.1) is 5.41 Å². The second-order valence-electron chi connectivity index (χ2n) is 5.20. The van der Waals surface area contributed by atoms with Gasteiger partial charge in [-0.15, -0.1) is 11.3 Å². The van der Waals surface area contributed by atoms with Gasteiger partial charge in [-0.3, -0.25) is 4.79 Å². The molecule has 118 valence electrons. The molecule has 0 radical (unpaired) electrons. The van der Waals surface area contributed by atoms with Crippen molar-refractivity contribution < 1.29 is 14.7 Å². The van der Waals surface area contributed by atoms with E-state index in [9.17, 15) is 14.7 Å². The summed E-state index contributed by atoms with van der Waals surface area (Å²) in [6.07, 6.45) is 1.81. The molecule has 0 aliphatic heterocycles. The minimum Gasteiger partial charge on any atom is -0.481 e. The maximum absolute atomic E-state index is 12.0. The van der Waals surface area contributed by atoms with Gasteiger partial charge in [0.25, 0.3) is 0 Å². The molecule has 0 unspecified atom stereocenters. The predicted octanol–water partition coefficient (Wildman–Crippen LogP) is 2.82. The third-order valence-corrected chi connectivity index (χ3v) is 4.94. The van der Waals surface area contributed by atoms with Gasteiger partial charge in [-0.05, 0) is 30.7 Å². The summed E-state index contributed by atoms with van der Waals surface area (Å²) in [7, 11) is 1.73. The molecule has 0 atom stereocenters. The molecule has 1 heterocycles. The second kappa shape index (κ2) is 8.02. The number of carboxylic acid groups (broad SMARTS) is 1. The van der Waals surface area contributed by atoms with Crippen molar-refractivity contribution in [2.75, 3.05) is 20.1 Å². The van der Waals surface area contributed by atoms with E-state index in [0.29, 0.717) is 19.4 Å².